The number of allylic oxidation sites excluding steroid dienone is 4. The Labute approximate surface area is 512 Å². The highest BCUT2D eigenvalue weighted by Crippen LogP contribution is 2.24. The van der Waals surface area contributed by atoms with Gasteiger partial charge in [-0.25, -0.2) is 0 Å². The first-order valence-electron chi connectivity index (χ1n) is 36.2. The first kappa shape index (κ1) is 79.6. The van der Waals surface area contributed by atoms with Crippen molar-refractivity contribution < 1.29 is 50.0 Å². The molecular formula is C72H139NO10. The van der Waals surface area contributed by atoms with E-state index in [-0.39, 0.29) is 12.8 Å². The van der Waals surface area contributed by atoms with Crippen LogP contribution in [-0.2, 0) is 14.3 Å². The van der Waals surface area contributed by atoms with Crippen molar-refractivity contribution in [2.75, 3.05) is 13.2 Å². The van der Waals surface area contributed by atoms with E-state index in [1.807, 2.05) is 0 Å². The lowest BCUT2D eigenvalue weighted by atomic mass is 9.98. The molecule has 11 nitrogen and oxygen atoms in total. The van der Waals surface area contributed by atoms with Gasteiger partial charge in [0.2, 0.25) is 5.91 Å². The number of nitrogens with one attached hydrogen (secondary N) is 1. The third kappa shape index (κ3) is 48.2. The molecule has 0 aromatic carbocycles. The molecule has 1 aliphatic heterocycles. The van der Waals surface area contributed by atoms with Crippen LogP contribution in [0.2, 0.25) is 0 Å². The summed E-state index contributed by atoms with van der Waals surface area (Å²) in [5.41, 5.74) is 0. The predicted octanol–water partition coefficient (Wildman–Crippen LogP) is 17.6. The highest BCUT2D eigenvalue weighted by atomic mass is 16.7. The van der Waals surface area contributed by atoms with Crippen LogP contribution in [0.4, 0.5) is 0 Å². The third-order valence-corrected chi connectivity index (χ3v) is 17.7. The first-order chi connectivity index (χ1) is 40.7. The first-order valence-corrected chi connectivity index (χ1v) is 36.2. The highest BCUT2D eigenvalue weighted by Gasteiger charge is 2.44. The Hall–Kier alpha value is -1.41. The van der Waals surface area contributed by atoms with Crippen molar-refractivity contribution >= 4 is 5.91 Å². The number of ether oxygens (including phenoxy) is 2. The Morgan fingerprint density at radius 3 is 1.07 bits per heavy atom. The zero-order valence-electron chi connectivity index (χ0n) is 54.5. The Balaban J connectivity index is 2.21. The van der Waals surface area contributed by atoms with E-state index in [1.54, 1.807) is 0 Å². The molecule has 83 heavy (non-hydrogen) atoms. The fraction of sp³-hybridized carbons (Fsp3) is 0.931. The SMILES string of the molecule is CCCCCCCCCCCCCCCCCCCCC/C=C/CC/C=C/CCCC(O)C(O)C(COC1OC(CO)C(O)C(O)C1O)NC(=O)C(O)CCCCCCCCCCCCCCCCCCCCCCCCCCCCCC. The summed E-state index contributed by atoms with van der Waals surface area (Å²) in [7, 11) is 0. The van der Waals surface area contributed by atoms with Gasteiger partial charge in [0.1, 0.15) is 36.6 Å². The monoisotopic (exact) mass is 1180 g/mol. The quantitative estimate of drug-likeness (QED) is 0.0215. The maximum atomic E-state index is 13.3. The van der Waals surface area contributed by atoms with Gasteiger partial charge in [0, 0.05) is 0 Å². The average Bonchev–Trinajstić information content (AvgIpc) is 3.68. The van der Waals surface area contributed by atoms with Crippen molar-refractivity contribution in [2.45, 2.75) is 416 Å². The van der Waals surface area contributed by atoms with Gasteiger partial charge in [-0.2, -0.15) is 0 Å². The van der Waals surface area contributed by atoms with Crippen molar-refractivity contribution in [3.8, 4) is 0 Å². The van der Waals surface area contributed by atoms with Crippen LogP contribution in [0.3, 0.4) is 0 Å². The van der Waals surface area contributed by atoms with Crippen LogP contribution in [0.5, 0.6) is 0 Å². The fourth-order valence-corrected chi connectivity index (χ4v) is 11.9. The number of hydrogen-bond acceptors (Lipinski definition) is 10. The molecule has 0 aromatic heterocycles. The van der Waals surface area contributed by atoms with Crippen LogP contribution in [0, 0.1) is 0 Å². The zero-order chi connectivity index (χ0) is 60.3. The van der Waals surface area contributed by atoms with E-state index in [0.29, 0.717) is 19.3 Å². The molecule has 1 amide bonds. The summed E-state index contributed by atoms with van der Waals surface area (Å²) in [5, 5.41) is 76.5. The van der Waals surface area contributed by atoms with Gasteiger partial charge in [-0.1, -0.05) is 334 Å². The zero-order valence-corrected chi connectivity index (χ0v) is 54.5. The van der Waals surface area contributed by atoms with Crippen LogP contribution < -0.4 is 5.32 Å². The highest BCUT2D eigenvalue weighted by molar-refractivity contribution is 5.80. The summed E-state index contributed by atoms with van der Waals surface area (Å²) < 4.78 is 11.2. The topological polar surface area (TPSA) is 189 Å². The van der Waals surface area contributed by atoms with Crippen molar-refractivity contribution in [2.24, 2.45) is 0 Å². The summed E-state index contributed by atoms with van der Waals surface area (Å²) in [5.74, 6) is -0.703. The molecule has 0 spiro atoms. The van der Waals surface area contributed by atoms with Crippen molar-refractivity contribution in [1.29, 1.82) is 0 Å². The summed E-state index contributed by atoms with van der Waals surface area (Å²) in [6, 6.07) is -1.19. The van der Waals surface area contributed by atoms with Crippen LogP contribution in [0.25, 0.3) is 0 Å². The van der Waals surface area contributed by atoms with Crippen molar-refractivity contribution in [3.05, 3.63) is 24.3 Å². The second-order valence-corrected chi connectivity index (χ2v) is 25.7. The maximum Gasteiger partial charge on any atom is 0.249 e. The van der Waals surface area contributed by atoms with E-state index in [9.17, 15) is 40.5 Å². The number of aliphatic hydroxyl groups excluding tert-OH is 7. The Bertz CT molecular complexity index is 1400. The average molecular weight is 1180 g/mol. The molecule has 1 rings (SSSR count). The molecule has 9 atom stereocenters. The van der Waals surface area contributed by atoms with Crippen LogP contribution in [0.15, 0.2) is 24.3 Å². The lowest BCUT2D eigenvalue weighted by Gasteiger charge is -2.40. The normalized spacial score (nSPS) is 19.1. The predicted molar refractivity (Wildman–Crippen MR) is 349 cm³/mol. The number of hydrogen-bond donors (Lipinski definition) is 8. The minimum atomic E-state index is -1.67. The molecule has 0 saturated carbocycles. The van der Waals surface area contributed by atoms with E-state index >= 15 is 0 Å². The summed E-state index contributed by atoms with van der Waals surface area (Å²) in [4.78, 5) is 13.3. The standard InChI is InChI=1S/C72H139NO10/c1-3-5-7-9-11-13-15-17-19-21-23-25-27-29-31-33-35-37-39-41-43-45-47-49-51-53-55-57-59-64(75)67(77)63(62-82-72-70(80)69(79)68(78)66(61-74)83-72)73-71(81)65(76)60-58-56-54-52-50-48-46-44-42-40-38-36-34-32-30-28-26-24-22-20-18-16-14-12-10-8-6-4-2/h43,45,51,53,63-70,72,74-80H,3-42,44,46-50,52,54-62H2,1-2H3,(H,73,81)/b45-43+,53-51+. The molecule has 1 aliphatic rings. The molecule has 1 saturated heterocycles. The molecule has 0 aromatic rings. The largest absolute Gasteiger partial charge is 0.394 e. The minimum absolute atomic E-state index is 0.249. The number of amides is 1. The van der Waals surface area contributed by atoms with Crippen LogP contribution in [0.1, 0.15) is 361 Å². The lowest BCUT2D eigenvalue weighted by Crippen LogP contribution is -2.60. The molecule has 0 aliphatic carbocycles. The molecule has 492 valence electrons. The number of carbonyl (C=O) groups is 1. The molecule has 0 radical (unpaired) electrons. The third-order valence-electron chi connectivity index (χ3n) is 17.7. The molecule has 0 bridgehead atoms. The van der Waals surface area contributed by atoms with E-state index in [1.165, 1.54) is 276 Å². The molecule has 9 unspecified atom stereocenters. The molecule has 8 N–H and O–H groups in total. The van der Waals surface area contributed by atoms with Crippen LogP contribution >= 0.6 is 0 Å². The molecule has 11 heteroatoms. The number of rotatable bonds is 64. The second kappa shape index (κ2) is 60.9. The maximum absolute atomic E-state index is 13.3. The van der Waals surface area contributed by atoms with Gasteiger partial charge >= 0.3 is 0 Å². The van der Waals surface area contributed by atoms with Gasteiger partial charge in [-0.3, -0.25) is 4.79 Å². The Morgan fingerprint density at radius 1 is 0.410 bits per heavy atom. The van der Waals surface area contributed by atoms with Gasteiger partial charge in [0.05, 0.1) is 25.4 Å². The molecule has 1 fully saturated rings. The Kier molecular flexibility index (Phi) is 58.4. The second-order valence-electron chi connectivity index (χ2n) is 25.7. The minimum Gasteiger partial charge on any atom is -0.394 e. The van der Waals surface area contributed by atoms with E-state index in [2.05, 4.69) is 43.5 Å². The van der Waals surface area contributed by atoms with Gasteiger partial charge < -0.3 is 50.5 Å². The van der Waals surface area contributed by atoms with E-state index in [4.69, 9.17) is 9.47 Å². The number of carbonyl (C=O) groups excluding carboxylic acids is 1. The van der Waals surface area contributed by atoms with Crippen molar-refractivity contribution in [3.63, 3.8) is 0 Å². The lowest BCUT2D eigenvalue weighted by molar-refractivity contribution is -0.303. The number of aliphatic hydroxyl groups is 7. The Morgan fingerprint density at radius 2 is 0.723 bits per heavy atom. The van der Waals surface area contributed by atoms with Crippen molar-refractivity contribution in [1.82, 2.24) is 5.32 Å². The van der Waals surface area contributed by atoms with Gasteiger partial charge in [0.15, 0.2) is 6.29 Å². The smallest absolute Gasteiger partial charge is 0.249 e. The van der Waals surface area contributed by atoms with Gasteiger partial charge in [-0.15, -0.1) is 0 Å². The molecular weight excluding hydrogens is 1040 g/mol. The summed E-state index contributed by atoms with van der Waals surface area (Å²) in [6.07, 6.45) is 65.6. The fourth-order valence-electron chi connectivity index (χ4n) is 11.9. The van der Waals surface area contributed by atoms with E-state index < -0.39 is 74.2 Å². The summed E-state index contributed by atoms with van der Waals surface area (Å²) in [6.45, 7) is 3.50. The number of unbranched alkanes of at least 4 members (excludes halogenated alkanes) is 48. The van der Waals surface area contributed by atoms with Gasteiger partial charge in [-0.05, 0) is 51.4 Å². The van der Waals surface area contributed by atoms with E-state index in [0.717, 1.165) is 38.5 Å². The molecule has 1 heterocycles. The van der Waals surface area contributed by atoms with Crippen LogP contribution in [-0.4, -0.2) is 110 Å². The van der Waals surface area contributed by atoms with Gasteiger partial charge in [0.25, 0.3) is 0 Å². The summed E-state index contributed by atoms with van der Waals surface area (Å²) >= 11 is 0.